The van der Waals surface area contributed by atoms with Crippen molar-refractivity contribution in [2.45, 2.75) is 12.2 Å². The fourth-order valence-electron chi connectivity index (χ4n) is 3.37. The van der Waals surface area contributed by atoms with Crippen LogP contribution >= 0.6 is 0 Å². The highest BCUT2D eigenvalue weighted by Crippen LogP contribution is 2.51. The first-order valence-electron chi connectivity index (χ1n) is 7.96. The van der Waals surface area contributed by atoms with Crippen LogP contribution in [0.15, 0.2) is 82.2 Å². The number of ether oxygens (including phenoxy) is 1. The van der Waals surface area contributed by atoms with E-state index in [-0.39, 0.29) is 17.6 Å². The van der Waals surface area contributed by atoms with Crippen molar-refractivity contribution in [2.24, 2.45) is 0 Å². The molecule has 1 aliphatic heterocycles. The van der Waals surface area contributed by atoms with Gasteiger partial charge >= 0.3 is 0 Å². The molecule has 3 aromatic carbocycles. The van der Waals surface area contributed by atoms with Gasteiger partial charge in [0.1, 0.15) is 24.1 Å². The first-order chi connectivity index (χ1) is 11.8. The Morgan fingerprint density at radius 3 is 2.33 bits per heavy atom. The van der Waals surface area contributed by atoms with Crippen LogP contribution in [0.5, 0.6) is 0 Å². The summed E-state index contributed by atoms with van der Waals surface area (Å²) in [5, 5.41) is 2.94. The lowest BCUT2D eigenvalue weighted by Gasteiger charge is -2.03. The lowest BCUT2D eigenvalue weighted by molar-refractivity contribution is 0.375. The first-order valence-corrected chi connectivity index (χ1v) is 7.96. The number of hydrogen-bond donors (Lipinski definition) is 0. The molecular weight excluding hydrogens is 300 g/mol. The predicted octanol–water partition coefficient (Wildman–Crippen LogP) is 4.76. The van der Waals surface area contributed by atoms with Gasteiger partial charge in [-0.05, 0) is 28.5 Å². The molecule has 0 amide bonds. The van der Waals surface area contributed by atoms with Crippen molar-refractivity contribution in [2.75, 3.05) is 0 Å². The third-order valence-electron chi connectivity index (χ3n) is 4.63. The SMILES string of the molecule is O=c1c(C2OC2c2cccc3ccccc23)coc2ccccc12. The van der Waals surface area contributed by atoms with Crippen molar-refractivity contribution >= 4 is 21.7 Å². The molecule has 2 atom stereocenters. The summed E-state index contributed by atoms with van der Waals surface area (Å²) in [7, 11) is 0. The minimum absolute atomic E-state index is 0.00964. The van der Waals surface area contributed by atoms with Gasteiger partial charge in [0.25, 0.3) is 0 Å². The van der Waals surface area contributed by atoms with Crippen LogP contribution in [-0.4, -0.2) is 0 Å². The predicted molar refractivity (Wildman–Crippen MR) is 93.0 cm³/mol. The minimum atomic E-state index is -0.239. The summed E-state index contributed by atoms with van der Waals surface area (Å²) in [6, 6.07) is 21.7. The molecule has 24 heavy (non-hydrogen) atoms. The van der Waals surface area contributed by atoms with Crippen LogP contribution in [0.25, 0.3) is 21.7 Å². The van der Waals surface area contributed by atoms with Crippen molar-refractivity contribution in [3.8, 4) is 0 Å². The average Bonchev–Trinajstić information content (AvgIpc) is 3.42. The molecule has 4 aromatic rings. The number of benzene rings is 3. The van der Waals surface area contributed by atoms with E-state index in [9.17, 15) is 4.79 Å². The van der Waals surface area contributed by atoms with E-state index in [4.69, 9.17) is 9.15 Å². The summed E-state index contributed by atoms with van der Waals surface area (Å²) in [6.07, 6.45) is 1.21. The quantitative estimate of drug-likeness (QED) is 0.501. The topological polar surface area (TPSA) is 42.7 Å². The van der Waals surface area contributed by atoms with E-state index in [2.05, 4.69) is 24.3 Å². The van der Waals surface area contributed by atoms with E-state index in [1.54, 1.807) is 18.4 Å². The smallest absolute Gasteiger partial charge is 0.198 e. The minimum Gasteiger partial charge on any atom is -0.464 e. The van der Waals surface area contributed by atoms with E-state index in [0.717, 1.165) is 10.9 Å². The van der Waals surface area contributed by atoms with Gasteiger partial charge in [-0.1, -0.05) is 54.6 Å². The van der Waals surface area contributed by atoms with Gasteiger partial charge in [-0.25, -0.2) is 0 Å². The van der Waals surface area contributed by atoms with Gasteiger partial charge in [-0.2, -0.15) is 0 Å². The Balaban J connectivity index is 1.59. The Bertz CT molecular complexity index is 1120. The van der Waals surface area contributed by atoms with E-state index in [1.165, 1.54) is 5.39 Å². The van der Waals surface area contributed by atoms with Crippen molar-refractivity contribution in [1.29, 1.82) is 0 Å². The number of hydrogen-bond acceptors (Lipinski definition) is 3. The molecule has 3 heteroatoms. The lowest BCUT2D eigenvalue weighted by Crippen LogP contribution is -2.08. The highest BCUT2D eigenvalue weighted by molar-refractivity contribution is 5.86. The number of epoxide rings is 1. The third-order valence-corrected chi connectivity index (χ3v) is 4.63. The summed E-state index contributed by atoms with van der Waals surface area (Å²) in [5.41, 5.74) is 2.30. The summed E-state index contributed by atoms with van der Waals surface area (Å²) >= 11 is 0. The van der Waals surface area contributed by atoms with Gasteiger partial charge in [0.05, 0.1) is 10.9 Å². The molecule has 0 saturated carbocycles. The standard InChI is InChI=1S/C21H14O3/c22-19-16-9-3-4-11-18(16)23-12-17(19)21-20(24-21)15-10-5-7-13-6-1-2-8-14(13)15/h1-12,20-21H. The van der Waals surface area contributed by atoms with Crippen LogP contribution in [0.3, 0.4) is 0 Å². The van der Waals surface area contributed by atoms with Gasteiger partial charge in [-0.15, -0.1) is 0 Å². The largest absolute Gasteiger partial charge is 0.464 e. The molecule has 5 rings (SSSR count). The number of para-hydroxylation sites is 1. The fourth-order valence-corrected chi connectivity index (χ4v) is 3.37. The molecule has 0 spiro atoms. The molecule has 1 aliphatic rings. The van der Waals surface area contributed by atoms with E-state index in [1.807, 2.05) is 30.3 Å². The van der Waals surface area contributed by atoms with Crippen molar-refractivity contribution < 1.29 is 9.15 Å². The Morgan fingerprint density at radius 1 is 0.708 bits per heavy atom. The van der Waals surface area contributed by atoms with Crippen LogP contribution in [0.1, 0.15) is 23.3 Å². The van der Waals surface area contributed by atoms with Gasteiger partial charge < -0.3 is 9.15 Å². The average molecular weight is 314 g/mol. The van der Waals surface area contributed by atoms with Crippen LogP contribution in [-0.2, 0) is 4.74 Å². The summed E-state index contributed by atoms with van der Waals surface area (Å²) < 4.78 is 11.5. The maximum absolute atomic E-state index is 12.7. The second-order valence-electron chi connectivity index (χ2n) is 6.06. The Kier molecular flexibility index (Phi) is 2.84. The highest BCUT2D eigenvalue weighted by atomic mass is 16.6. The van der Waals surface area contributed by atoms with Gasteiger partial charge in [0.15, 0.2) is 5.43 Å². The van der Waals surface area contributed by atoms with Crippen molar-refractivity contribution in [3.63, 3.8) is 0 Å². The second-order valence-corrected chi connectivity index (χ2v) is 6.06. The Hall–Kier alpha value is -2.91. The third kappa shape index (κ3) is 1.99. The van der Waals surface area contributed by atoms with Gasteiger partial charge in [0.2, 0.25) is 0 Å². The zero-order valence-corrected chi connectivity index (χ0v) is 12.8. The first kappa shape index (κ1) is 13.5. The molecule has 116 valence electrons. The molecule has 2 heterocycles. The fraction of sp³-hybridized carbons (Fsp3) is 0.0952. The monoisotopic (exact) mass is 314 g/mol. The van der Waals surface area contributed by atoms with Crippen LogP contribution in [0, 0.1) is 0 Å². The summed E-state index contributed by atoms with van der Waals surface area (Å²) in [6.45, 7) is 0. The molecular formula is C21H14O3. The maximum Gasteiger partial charge on any atom is 0.198 e. The zero-order valence-electron chi connectivity index (χ0n) is 12.8. The summed E-state index contributed by atoms with van der Waals surface area (Å²) in [5.74, 6) is 0. The highest BCUT2D eigenvalue weighted by Gasteiger charge is 2.44. The zero-order chi connectivity index (χ0) is 16.1. The number of fused-ring (bicyclic) bond motifs is 2. The molecule has 0 N–H and O–H groups in total. The second kappa shape index (κ2) is 5.05. The molecule has 0 radical (unpaired) electrons. The molecule has 2 unspecified atom stereocenters. The number of rotatable bonds is 2. The van der Waals surface area contributed by atoms with Gasteiger partial charge in [0, 0.05) is 0 Å². The Labute approximate surface area is 138 Å². The molecule has 3 nitrogen and oxygen atoms in total. The van der Waals surface area contributed by atoms with E-state index >= 15 is 0 Å². The molecule has 1 aromatic heterocycles. The van der Waals surface area contributed by atoms with Crippen molar-refractivity contribution in [3.05, 3.63) is 94.3 Å². The van der Waals surface area contributed by atoms with Crippen LogP contribution in [0.2, 0.25) is 0 Å². The summed E-state index contributed by atoms with van der Waals surface area (Å²) in [4.78, 5) is 12.7. The molecule has 0 aliphatic carbocycles. The normalized spacial score (nSPS) is 19.7. The maximum atomic E-state index is 12.7. The van der Waals surface area contributed by atoms with Crippen molar-refractivity contribution in [1.82, 2.24) is 0 Å². The Morgan fingerprint density at radius 2 is 1.42 bits per heavy atom. The van der Waals surface area contributed by atoms with E-state index in [0.29, 0.717) is 16.5 Å². The van der Waals surface area contributed by atoms with E-state index < -0.39 is 0 Å². The molecule has 1 saturated heterocycles. The molecule has 0 bridgehead atoms. The van der Waals surface area contributed by atoms with Crippen LogP contribution in [0.4, 0.5) is 0 Å². The molecule has 1 fully saturated rings. The van der Waals surface area contributed by atoms with Crippen LogP contribution < -0.4 is 5.43 Å². The lowest BCUT2D eigenvalue weighted by atomic mass is 9.99. The van der Waals surface area contributed by atoms with Gasteiger partial charge in [-0.3, -0.25) is 4.79 Å².